The molecule has 1 heterocycles. The third-order valence-corrected chi connectivity index (χ3v) is 2.82. The summed E-state index contributed by atoms with van der Waals surface area (Å²) in [6, 6.07) is 4.20. The van der Waals surface area contributed by atoms with Crippen molar-refractivity contribution >= 4 is 5.69 Å². The largest absolute Gasteiger partial charge is 0.491 e. The first-order chi connectivity index (χ1) is 9.58. The molecule has 0 unspecified atom stereocenters. The number of nitrogens with zero attached hydrogens (tertiary/aromatic N) is 3. The molecule has 0 fully saturated rings. The molecule has 0 amide bonds. The van der Waals surface area contributed by atoms with Crippen LogP contribution in [0.15, 0.2) is 36.9 Å². The van der Waals surface area contributed by atoms with Gasteiger partial charge in [-0.2, -0.15) is 0 Å². The molecule has 2 rings (SSSR count). The molecule has 2 aromatic rings. The van der Waals surface area contributed by atoms with Crippen LogP contribution in [0.25, 0.3) is 0 Å². The van der Waals surface area contributed by atoms with E-state index in [2.05, 4.69) is 4.98 Å². The van der Waals surface area contributed by atoms with Crippen LogP contribution in [0.2, 0.25) is 0 Å². The number of aliphatic hydroxyl groups is 1. The summed E-state index contributed by atoms with van der Waals surface area (Å²) in [5.74, 6) is 0.450. The summed E-state index contributed by atoms with van der Waals surface area (Å²) in [6.07, 6.45) is 4.33. The van der Waals surface area contributed by atoms with Crippen molar-refractivity contribution in [3.8, 4) is 5.75 Å². The molecule has 7 heteroatoms. The lowest BCUT2D eigenvalue weighted by molar-refractivity contribution is -0.385. The summed E-state index contributed by atoms with van der Waals surface area (Å²) >= 11 is 0. The smallest absolute Gasteiger partial charge is 0.270 e. The van der Waals surface area contributed by atoms with Gasteiger partial charge in [0.15, 0.2) is 0 Å². The molecule has 0 saturated heterocycles. The van der Waals surface area contributed by atoms with Gasteiger partial charge in [0, 0.05) is 30.1 Å². The first kappa shape index (κ1) is 14.0. The number of aromatic nitrogens is 2. The standard InChI is InChI=1S/C13H15N3O4/c1-10(17)12-8-11(16(18)19)2-3-13(12)20-7-6-15-5-4-14-9-15/h2-5,8-10,17H,6-7H2,1H3/t10-/m0/s1. The minimum atomic E-state index is -0.835. The molecular weight excluding hydrogens is 262 g/mol. The highest BCUT2D eigenvalue weighted by molar-refractivity contribution is 5.44. The second-order valence-corrected chi connectivity index (χ2v) is 4.30. The molecule has 20 heavy (non-hydrogen) atoms. The molecular formula is C13H15N3O4. The summed E-state index contributed by atoms with van der Waals surface area (Å²) in [7, 11) is 0. The van der Waals surface area contributed by atoms with Crippen molar-refractivity contribution in [1.29, 1.82) is 0 Å². The van der Waals surface area contributed by atoms with Crippen molar-refractivity contribution in [3.63, 3.8) is 0 Å². The Kier molecular flexibility index (Phi) is 4.31. The van der Waals surface area contributed by atoms with Gasteiger partial charge in [0.1, 0.15) is 12.4 Å². The molecule has 106 valence electrons. The Morgan fingerprint density at radius 1 is 1.55 bits per heavy atom. The van der Waals surface area contributed by atoms with Gasteiger partial charge >= 0.3 is 0 Å². The number of imidazole rings is 1. The topological polar surface area (TPSA) is 90.4 Å². The van der Waals surface area contributed by atoms with E-state index in [9.17, 15) is 15.2 Å². The van der Waals surface area contributed by atoms with Crippen molar-refractivity contribution in [2.24, 2.45) is 0 Å². The minimum Gasteiger partial charge on any atom is -0.491 e. The number of hydrogen-bond acceptors (Lipinski definition) is 5. The predicted molar refractivity (Wildman–Crippen MR) is 71.5 cm³/mol. The van der Waals surface area contributed by atoms with E-state index in [1.807, 2.05) is 10.8 Å². The van der Waals surface area contributed by atoms with Crippen LogP contribution in [0.3, 0.4) is 0 Å². The number of benzene rings is 1. The van der Waals surface area contributed by atoms with E-state index < -0.39 is 11.0 Å². The molecule has 1 aromatic heterocycles. The Bertz CT molecular complexity index is 581. The van der Waals surface area contributed by atoms with Crippen molar-refractivity contribution < 1.29 is 14.8 Å². The molecule has 1 N–H and O–H groups in total. The van der Waals surface area contributed by atoms with Crippen LogP contribution >= 0.6 is 0 Å². The van der Waals surface area contributed by atoms with E-state index in [0.717, 1.165) is 0 Å². The lowest BCUT2D eigenvalue weighted by atomic mass is 10.1. The highest BCUT2D eigenvalue weighted by Gasteiger charge is 2.15. The number of aliphatic hydroxyl groups excluding tert-OH is 1. The zero-order valence-corrected chi connectivity index (χ0v) is 11.0. The Hall–Kier alpha value is -2.41. The van der Waals surface area contributed by atoms with E-state index in [4.69, 9.17) is 4.74 Å². The highest BCUT2D eigenvalue weighted by atomic mass is 16.6. The monoisotopic (exact) mass is 277 g/mol. The normalized spacial score (nSPS) is 12.1. The molecule has 7 nitrogen and oxygen atoms in total. The van der Waals surface area contributed by atoms with Gasteiger partial charge in [0.05, 0.1) is 23.9 Å². The SMILES string of the molecule is C[C@H](O)c1cc([N+](=O)[O-])ccc1OCCn1ccnc1. The number of rotatable bonds is 6. The van der Waals surface area contributed by atoms with Gasteiger partial charge in [0.2, 0.25) is 0 Å². The number of hydrogen-bond donors (Lipinski definition) is 1. The number of nitro groups is 1. The zero-order valence-electron chi connectivity index (χ0n) is 11.0. The summed E-state index contributed by atoms with van der Waals surface area (Å²) < 4.78 is 7.43. The van der Waals surface area contributed by atoms with E-state index >= 15 is 0 Å². The summed E-state index contributed by atoms with van der Waals surface area (Å²) in [5, 5.41) is 20.4. The summed E-state index contributed by atoms with van der Waals surface area (Å²) in [6.45, 7) is 2.53. The van der Waals surface area contributed by atoms with Gasteiger partial charge in [-0.3, -0.25) is 10.1 Å². The fourth-order valence-corrected chi connectivity index (χ4v) is 1.79. The van der Waals surface area contributed by atoms with Crippen LogP contribution < -0.4 is 4.74 Å². The van der Waals surface area contributed by atoms with Gasteiger partial charge in [-0.1, -0.05) is 0 Å². The Balaban J connectivity index is 2.08. The van der Waals surface area contributed by atoms with Crippen LogP contribution in [0.1, 0.15) is 18.6 Å². The van der Waals surface area contributed by atoms with Gasteiger partial charge in [0.25, 0.3) is 5.69 Å². The minimum absolute atomic E-state index is 0.0668. The zero-order chi connectivity index (χ0) is 14.5. The second-order valence-electron chi connectivity index (χ2n) is 4.30. The molecule has 0 saturated carbocycles. The van der Waals surface area contributed by atoms with Gasteiger partial charge in [-0.25, -0.2) is 4.98 Å². The summed E-state index contributed by atoms with van der Waals surface area (Å²) in [5.41, 5.74) is 0.340. The fourth-order valence-electron chi connectivity index (χ4n) is 1.79. The van der Waals surface area contributed by atoms with Gasteiger partial charge in [-0.05, 0) is 13.0 Å². The third kappa shape index (κ3) is 3.33. The molecule has 0 bridgehead atoms. The van der Waals surface area contributed by atoms with Crippen molar-refractivity contribution in [2.75, 3.05) is 6.61 Å². The Morgan fingerprint density at radius 3 is 2.95 bits per heavy atom. The first-order valence-corrected chi connectivity index (χ1v) is 6.13. The maximum Gasteiger partial charge on any atom is 0.270 e. The average Bonchev–Trinajstić information content (AvgIpc) is 2.91. The predicted octanol–water partition coefficient (Wildman–Crippen LogP) is 1.92. The van der Waals surface area contributed by atoms with Crippen LogP contribution in [0.5, 0.6) is 5.75 Å². The molecule has 1 aromatic carbocycles. The Labute approximate surface area is 115 Å². The fraction of sp³-hybridized carbons (Fsp3) is 0.308. The first-order valence-electron chi connectivity index (χ1n) is 6.13. The molecule has 0 radical (unpaired) electrons. The van der Waals surface area contributed by atoms with Crippen LogP contribution in [-0.4, -0.2) is 26.2 Å². The van der Waals surface area contributed by atoms with Gasteiger partial charge in [-0.15, -0.1) is 0 Å². The second kappa shape index (κ2) is 6.16. The van der Waals surface area contributed by atoms with E-state index in [-0.39, 0.29) is 5.69 Å². The van der Waals surface area contributed by atoms with Crippen LogP contribution in [0, 0.1) is 10.1 Å². The van der Waals surface area contributed by atoms with E-state index in [0.29, 0.717) is 24.5 Å². The summed E-state index contributed by atoms with van der Waals surface area (Å²) in [4.78, 5) is 14.1. The molecule has 0 aliphatic rings. The maximum atomic E-state index is 10.7. The maximum absolute atomic E-state index is 10.7. The average molecular weight is 277 g/mol. The quantitative estimate of drug-likeness (QED) is 0.643. The lowest BCUT2D eigenvalue weighted by Crippen LogP contribution is -2.08. The molecule has 0 aliphatic carbocycles. The Morgan fingerprint density at radius 2 is 2.35 bits per heavy atom. The van der Waals surface area contributed by atoms with Crippen LogP contribution in [0.4, 0.5) is 5.69 Å². The van der Waals surface area contributed by atoms with Crippen molar-refractivity contribution in [1.82, 2.24) is 9.55 Å². The lowest BCUT2D eigenvalue weighted by Gasteiger charge is -2.13. The highest BCUT2D eigenvalue weighted by Crippen LogP contribution is 2.29. The van der Waals surface area contributed by atoms with E-state index in [1.54, 1.807) is 19.4 Å². The molecule has 1 atom stereocenters. The van der Waals surface area contributed by atoms with Crippen molar-refractivity contribution in [3.05, 3.63) is 52.6 Å². The van der Waals surface area contributed by atoms with E-state index in [1.165, 1.54) is 18.2 Å². The van der Waals surface area contributed by atoms with Crippen molar-refractivity contribution in [2.45, 2.75) is 19.6 Å². The number of nitro benzene ring substituents is 1. The third-order valence-electron chi connectivity index (χ3n) is 2.82. The molecule has 0 spiro atoms. The van der Waals surface area contributed by atoms with Gasteiger partial charge < -0.3 is 14.4 Å². The number of non-ortho nitro benzene ring substituents is 1. The van der Waals surface area contributed by atoms with Crippen LogP contribution in [-0.2, 0) is 6.54 Å². The molecule has 0 aliphatic heterocycles. The number of ether oxygens (including phenoxy) is 1.